The standard InChI is InChI=1S/C55H33NS/c1-2-14-35(15-3-1)51-38-17-4-6-19-40(38)53(41-20-7-5-18-39(41)51)37-29-30-46-50(33-37)57-49-26-12-25-47(55(46)49)54-44-23-10-8-21-42(44)52(43-22-9-11-24-45(43)54)36-28-27-34-16-13-31-56-48(34)32-36/h1-33H. The minimum atomic E-state index is 1.01. The lowest BCUT2D eigenvalue weighted by Gasteiger charge is -2.19. The highest BCUT2D eigenvalue weighted by molar-refractivity contribution is 7.26. The Morgan fingerprint density at radius 1 is 0.316 bits per heavy atom. The first-order valence-corrected chi connectivity index (χ1v) is 20.4. The maximum atomic E-state index is 4.72. The van der Waals surface area contributed by atoms with Gasteiger partial charge in [-0.3, -0.25) is 4.98 Å². The average molecular weight is 740 g/mol. The summed E-state index contributed by atoms with van der Waals surface area (Å²) in [5, 5.41) is 13.9. The molecule has 12 aromatic rings. The summed E-state index contributed by atoms with van der Waals surface area (Å²) in [4.78, 5) is 4.72. The van der Waals surface area contributed by atoms with Crippen LogP contribution in [-0.2, 0) is 0 Å². The smallest absolute Gasteiger partial charge is 0.0708 e. The fourth-order valence-electron chi connectivity index (χ4n) is 9.50. The van der Waals surface area contributed by atoms with E-state index < -0.39 is 0 Å². The molecule has 0 saturated heterocycles. The van der Waals surface area contributed by atoms with Crippen molar-refractivity contribution in [2.75, 3.05) is 0 Å². The third-order valence-electron chi connectivity index (χ3n) is 11.9. The Kier molecular flexibility index (Phi) is 7.17. The van der Waals surface area contributed by atoms with Crippen molar-refractivity contribution < 1.29 is 0 Å². The van der Waals surface area contributed by atoms with Crippen LogP contribution < -0.4 is 0 Å². The third-order valence-corrected chi connectivity index (χ3v) is 13.0. The van der Waals surface area contributed by atoms with Gasteiger partial charge in [-0.25, -0.2) is 0 Å². The Bertz CT molecular complexity index is 3460. The zero-order valence-corrected chi connectivity index (χ0v) is 31.7. The van der Waals surface area contributed by atoms with Crippen LogP contribution in [0.4, 0.5) is 0 Å². The van der Waals surface area contributed by atoms with Gasteiger partial charge in [-0.2, -0.15) is 0 Å². The van der Waals surface area contributed by atoms with Crippen LogP contribution in [0.25, 0.3) is 119 Å². The van der Waals surface area contributed by atoms with Gasteiger partial charge in [0.25, 0.3) is 0 Å². The van der Waals surface area contributed by atoms with Crippen molar-refractivity contribution in [3.05, 3.63) is 200 Å². The molecule has 0 N–H and O–H groups in total. The van der Waals surface area contributed by atoms with Gasteiger partial charge in [0.05, 0.1) is 5.52 Å². The van der Waals surface area contributed by atoms with Crippen LogP contribution >= 0.6 is 11.3 Å². The second-order valence-electron chi connectivity index (χ2n) is 15.0. The van der Waals surface area contributed by atoms with Crippen molar-refractivity contribution in [3.63, 3.8) is 0 Å². The number of benzene rings is 10. The molecule has 0 bridgehead atoms. The highest BCUT2D eigenvalue weighted by atomic mass is 32.1. The van der Waals surface area contributed by atoms with E-state index >= 15 is 0 Å². The van der Waals surface area contributed by atoms with E-state index in [9.17, 15) is 0 Å². The van der Waals surface area contributed by atoms with Gasteiger partial charge in [-0.15, -0.1) is 11.3 Å². The monoisotopic (exact) mass is 739 g/mol. The highest BCUT2D eigenvalue weighted by Gasteiger charge is 2.21. The predicted molar refractivity (Wildman–Crippen MR) is 246 cm³/mol. The van der Waals surface area contributed by atoms with Gasteiger partial charge in [0.15, 0.2) is 0 Å². The van der Waals surface area contributed by atoms with Gasteiger partial charge in [0.1, 0.15) is 0 Å². The number of hydrogen-bond acceptors (Lipinski definition) is 2. The van der Waals surface area contributed by atoms with Gasteiger partial charge in [-0.05, 0) is 112 Å². The minimum absolute atomic E-state index is 1.01. The molecule has 0 amide bonds. The summed E-state index contributed by atoms with van der Waals surface area (Å²) < 4.78 is 2.59. The molecule has 0 spiro atoms. The number of aromatic nitrogens is 1. The van der Waals surface area contributed by atoms with Crippen LogP contribution in [0, 0.1) is 0 Å². The first-order chi connectivity index (χ1) is 28.3. The van der Waals surface area contributed by atoms with E-state index in [1.165, 1.54) is 108 Å². The molecular weight excluding hydrogens is 707 g/mol. The lowest BCUT2D eigenvalue weighted by Crippen LogP contribution is -1.91. The van der Waals surface area contributed by atoms with Crippen LogP contribution in [0.5, 0.6) is 0 Å². The number of thiophene rings is 1. The van der Waals surface area contributed by atoms with Gasteiger partial charge < -0.3 is 0 Å². The number of hydrogen-bond donors (Lipinski definition) is 0. The van der Waals surface area contributed by atoms with Crippen molar-refractivity contribution >= 4 is 85.5 Å². The Labute approximate surface area is 333 Å². The molecule has 2 aromatic heterocycles. The summed E-state index contributed by atoms with van der Waals surface area (Å²) >= 11 is 1.90. The Morgan fingerprint density at radius 2 is 0.825 bits per heavy atom. The molecule has 0 aliphatic heterocycles. The summed E-state index contributed by atoms with van der Waals surface area (Å²) in [5.74, 6) is 0. The number of rotatable bonds is 4. The molecule has 0 unspecified atom stereocenters. The molecule has 12 rings (SSSR count). The van der Waals surface area contributed by atoms with E-state index in [1.807, 2.05) is 23.6 Å². The van der Waals surface area contributed by atoms with Crippen molar-refractivity contribution in [1.82, 2.24) is 4.98 Å². The second-order valence-corrected chi connectivity index (χ2v) is 16.0. The quantitative estimate of drug-likeness (QED) is 0.164. The fraction of sp³-hybridized carbons (Fsp3) is 0. The Balaban J connectivity index is 1.11. The molecule has 10 aromatic carbocycles. The Hall–Kier alpha value is -7.13. The molecule has 264 valence electrons. The molecule has 0 aliphatic rings. The zero-order valence-electron chi connectivity index (χ0n) is 30.9. The van der Waals surface area contributed by atoms with E-state index in [1.54, 1.807) is 0 Å². The molecule has 2 heteroatoms. The molecule has 2 heterocycles. The van der Waals surface area contributed by atoms with Gasteiger partial charge in [-0.1, -0.05) is 170 Å². The van der Waals surface area contributed by atoms with Crippen LogP contribution in [0.2, 0.25) is 0 Å². The zero-order chi connectivity index (χ0) is 37.5. The van der Waals surface area contributed by atoms with E-state index in [0.29, 0.717) is 0 Å². The molecule has 0 aliphatic carbocycles. The van der Waals surface area contributed by atoms with Crippen LogP contribution in [0.3, 0.4) is 0 Å². The first kappa shape index (κ1) is 32.1. The molecule has 0 atom stereocenters. The molecule has 0 radical (unpaired) electrons. The number of fused-ring (bicyclic) bond motifs is 8. The minimum Gasteiger partial charge on any atom is -0.256 e. The molecule has 1 nitrogen and oxygen atoms in total. The number of pyridine rings is 1. The molecule has 0 fully saturated rings. The topological polar surface area (TPSA) is 12.9 Å². The van der Waals surface area contributed by atoms with E-state index in [0.717, 1.165) is 10.9 Å². The lowest BCUT2D eigenvalue weighted by atomic mass is 9.84. The number of nitrogens with zero attached hydrogens (tertiary/aromatic N) is 1. The third kappa shape index (κ3) is 4.91. The van der Waals surface area contributed by atoms with Gasteiger partial charge in [0.2, 0.25) is 0 Å². The average Bonchev–Trinajstić information content (AvgIpc) is 3.66. The normalized spacial score (nSPS) is 11.9. The van der Waals surface area contributed by atoms with Crippen LogP contribution in [-0.4, -0.2) is 4.98 Å². The van der Waals surface area contributed by atoms with Gasteiger partial charge in [0, 0.05) is 31.8 Å². The van der Waals surface area contributed by atoms with Crippen molar-refractivity contribution in [3.8, 4) is 44.5 Å². The van der Waals surface area contributed by atoms with Crippen molar-refractivity contribution in [2.45, 2.75) is 0 Å². The fourth-order valence-corrected chi connectivity index (χ4v) is 10.7. The van der Waals surface area contributed by atoms with Gasteiger partial charge >= 0.3 is 0 Å². The highest BCUT2D eigenvalue weighted by Crippen LogP contribution is 2.50. The Morgan fingerprint density at radius 3 is 1.42 bits per heavy atom. The summed E-state index contributed by atoms with van der Waals surface area (Å²) in [6, 6.07) is 71.5. The predicted octanol–water partition coefficient (Wildman–Crippen LogP) is 15.9. The van der Waals surface area contributed by atoms with Crippen molar-refractivity contribution in [1.29, 1.82) is 0 Å². The van der Waals surface area contributed by atoms with E-state index in [2.05, 4.69) is 188 Å². The van der Waals surface area contributed by atoms with Crippen molar-refractivity contribution in [2.24, 2.45) is 0 Å². The summed E-state index contributed by atoms with van der Waals surface area (Å²) in [6.07, 6.45) is 1.88. The summed E-state index contributed by atoms with van der Waals surface area (Å²) in [5.41, 5.74) is 11.1. The lowest BCUT2D eigenvalue weighted by molar-refractivity contribution is 1.41. The van der Waals surface area contributed by atoms with E-state index in [4.69, 9.17) is 4.98 Å². The summed E-state index contributed by atoms with van der Waals surface area (Å²) in [6.45, 7) is 0. The van der Waals surface area contributed by atoms with Crippen LogP contribution in [0.1, 0.15) is 0 Å². The SMILES string of the molecule is c1ccc(-c2c3ccccc3c(-c3ccc4c(c3)sc3cccc(-c5c6ccccc6c(-c6ccc7cccnc7c6)c6ccccc56)c34)c3ccccc23)cc1. The maximum absolute atomic E-state index is 4.72. The first-order valence-electron chi connectivity index (χ1n) is 19.5. The van der Waals surface area contributed by atoms with E-state index in [-0.39, 0.29) is 0 Å². The maximum Gasteiger partial charge on any atom is 0.0708 e. The molecule has 57 heavy (non-hydrogen) atoms. The largest absolute Gasteiger partial charge is 0.256 e. The summed E-state index contributed by atoms with van der Waals surface area (Å²) in [7, 11) is 0. The molecular formula is C55H33NS. The van der Waals surface area contributed by atoms with Crippen LogP contribution in [0.15, 0.2) is 200 Å². The molecule has 0 saturated carbocycles. The second kappa shape index (κ2) is 12.7.